The molecule has 3 rings (SSSR count). The van der Waals surface area contributed by atoms with Gasteiger partial charge in [-0.25, -0.2) is 4.79 Å². The molecule has 0 atom stereocenters. The molecule has 0 saturated carbocycles. The molecule has 2 aromatic carbocycles. The summed E-state index contributed by atoms with van der Waals surface area (Å²) >= 11 is 6.03. The Balaban J connectivity index is 1.86. The first-order chi connectivity index (χ1) is 16.8. The van der Waals surface area contributed by atoms with Gasteiger partial charge >= 0.3 is 5.69 Å². The van der Waals surface area contributed by atoms with E-state index in [1.165, 1.54) is 17.7 Å². The Bertz CT molecular complexity index is 1330. The van der Waals surface area contributed by atoms with Crippen molar-refractivity contribution in [2.75, 3.05) is 32.7 Å². The Labute approximate surface area is 206 Å². The number of para-hydroxylation sites is 1. The SMILES string of the molecule is COCCCNC(=O)CCn1c(=O)c2ccccc2n(CC(=O)Nc2cc(Cl)ccc2OC)c1=O. The van der Waals surface area contributed by atoms with Gasteiger partial charge in [-0.3, -0.25) is 23.5 Å². The molecule has 2 N–H and O–H groups in total. The fraction of sp³-hybridized carbons (Fsp3) is 0.333. The second-order valence-electron chi connectivity index (χ2n) is 7.68. The van der Waals surface area contributed by atoms with Crippen molar-refractivity contribution in [1.29, 1.82) is 0 Å². The van der Waals surface area contributed by atoms with Crippen molar-refractivity contribution in [3.8, 4) is 5.75 Å². The van der Waals surface area contributed by atoms with Crippen molar-refractivity contribution in [3.05, 3.63) is 68.3 Å². The number of aromatic nitrogens is 2. The zero-order valence-corrected chi connectivity index (χ0v) is 20.3. The van der Waals surface area contributed by atoms with Gasteiger partial charge in [-0.05, 0) is 36.8 Å². The van der Waals surface area contributed by atoms with Crippen LogP contribution in [-0.4, -0.2) is 48.3 Å². The maximum Gasteiger partial charge on any atom is 0.331 e. The van der Waals surface area contributed by atoms with Crippen LogP contribution in [0.3, 0.4) is 0 Å². The number of nitrogens with zero attached hydrogens (tertiary/aromatic N) is 2. The van der Waals surface area contributed by atoms with Crippen molar-refractivity contribution >= 4 is 40.0 Å². The first-order valence-electron chi connectivity index (χ1n) is 11.0. The molecule has 0 aliphatic rings. The number of fused-ring (bicyclic) bond motifs is 1. The highest BCUT2D eigenvalue weighted by atomic mass is 35.5. The molecule has 0 spiro atoms. The molecule has 2 amide bonds. The Morgan fingerprint density at radius 2 is 1.80 bits per heavy atom. The Morgan fingerprint density at radius 3 is 2.54 bits per heavy atom. The molecule has 0 unspecified atom stereocenters. The van der Waals surface area contributed by atoms with Crippen LogP contribution in [0.1, 0.15) is 12.8 Å². The minimum Gasteiger partial charge on any atom is -0.495 e. The van der Waals surface area contributed by atoms with E-state index in [0.29, 0.717) is 41.5 Å². The van der Waals surface area contributed by atoms with E-state index in [0.717, 1.165) is 4.57 Å². The number of anilines is 1. The van der Waals surface area contributed by atoms with Crippen LogP contribution in [0.2, 0.25) is 5.02 Å². The lowest BCUT2D eigenvalue weighted by Crippen LogP contribution is -2.42. The summed E-state index contributed by atoms with van der Waals surface area (Å²) in [7, 11) is 3.03. The average molecular weight is 503 g/mol. The van der Waals surface area contributed by atoms with Gasteiger partial charge in [0.1, 0.15) is 12.3 Å². The highest BCUT2D eigenvalue weighted by Gasteiger charge is 2.17. The molecule has 3 aromatic rings. The molecule has 35 heavy (non-hydrogen) atoms. The zero-order chi connectivity index (χ0) is 25.4. The third kappa shape index (κ3) is 6.49. The number of carbonyl (C=O) groups is 2. The maximum atomic E-state index is 13.2. The molecule has 1 heterocycles. The van der Waals surface area contributed by atoms with Crippen LogP contribution in [0.15, 0.2) is 52.1 Å². The second kappa shape index (κ2) is 12.2. The fourth-order valence-electron chi connectivity index (χ4n) is 3.58. The summed E-state index contributed by atoms with van der Waals surface area (Å²) in [6.45, 7) is 0.454. The monoisotopic (exact) mass is 502 g/mol. The van der Waals surface area contributed by atoms with Gasteiger partial charge in [0.05, 0.1) is 23.7 Å². The molecule has 0 aliphatic heterocycles. The van der Waals surface area contributed by atoms with Crippen LogP contribution in [0, 0.1) is 0 Å². The number of nitrogens with one attached hydrogen (secondary N) is 2. The second-order valence-corrected chi connectivity index (χ2v) is 8.12. The number of halogens is 1. The van der Waals surface area contributed by atoms with E-state index in [1.54, 1.807) is 43.5 Å². The van der Waals surface area contributed by atoms with Gasteiger partial charge in [0.15, 0.2) is 0 Å². The Morgan fingerprint density at radius 1 is 1.03 bits per heavy atom. The normalized spacial score (nSPS) is 10.8. The smallest absolute Gasteiger partial charge is 0.331 e. The van der Waals surface area contributed by atoms with E-state index in [9.17, 15) is 19.2 Å². The van der Waals surface area contributed by atoms with Crippen LogP contribution in [-0.2, 0) is 27.4 Å². The van der Waals surface area contributed by atoms with Gasteiger partial charge in [0, 0.05) is 38.2 Å². The summed E-state index contributed by atoms with van der Waals surface area (Å²) in [6, 6.07) is 11.3. The predicted molar refractivity (Wildman–Crippen MR) is 133 cm³/mol. The standard InChI is InChI=1S/C24H27ClN4O6/c1-34-13-5-11-26-21(30)10-12-28-23(32)17-6-3-4-7-19(17)29(24(28)33)15-22(31)27-18-14-16(25)8-9-20(18)35-2/h3-4,6-9,14H,5,10-13,15H2,1-2H3,(H,26,30)(H,27,31). The summed E-state index contributed by atoms with van der Waals surface area (Å²) in [5, 5.41) is 6.08. The topological polar surface area (TPSA) is 121 Å². The van der Waals surface area contributed by atoms with E-state index in [2.05, 4.69) is 10.6 Å². The van der Waals surface area contributed by atoms with Gasteiger partial charge in [0.2, 0.25) is 11.8 Å². The first kappa shape index (κ1) is 26.0. The average Bonchev–Trinajstić information content (AvgIpc) is 2.84. The Hall–Kier alpha value is -3.63. The molecular formula is C24H27ClN4O6. The number of amides is 2. The van der Waals surface area contributed by atoms with E-state index >= 15 is 0 Å². The number of hydrogen-bond donors (Lipinski definition) is 2. The number of hydrogen-bond acceptors (Lipinski definition) is 6. The molecule has 11 heteroatoms. The predicted octanol–water partition coefficient (Wildman–Crippen LogP) is 2.01. The van der Waals surface area contributed by atoms with Crippen molar-refractivity contribution in [2.45, 2.75) is 25.9 Å². The summed E-state index contributed by atoms with van der Waals surface area (Å²) in [5.41, 5.74) is -0.545. The first-order valence-corrected chi connectivity index (χ1v) is 11.3. The van der Waals surface area contributed by atoms with Crippen LogP contribution >= 0.6 is 11.6 Å². The Kier molecular flexibility index (Phi) is 9.04. The molecular weight excluding hydrogens is 476 g/mol. The fourth-order valence-corrected chi connectivity index (χ4v) is 3.75. The van der Waals surface area contributed by atoms with Crippen molar-refractivity contribution in [1.82, 2.24) is 14.5 Å². The van der Waals surface area contributed by atoms with Gasteiger partial charge in [0.25, 0.3) is 5.56 Å². The lowest BCUT2D eigenvalue weighted by atomic mass is 10.2. The maximum absolute atomic E-state index is 13.2. The van der Waals surface area contributed by atoms with Crippen molar-refractivity contribution < 1.29 is 19.1 Å². The number of benzene rings is 2. The van der Waals surface area contributed by atoms with Gasteiger partial charge in [-0.15, -0.1) is 0 Å². The number of carbonyl (C=O) groups excluding carboxylic acids is 2. The molecule has 0 saturated heterocycles. The van der Waals surface area contributed by atoms with Gasteiger partial charge < -0.3 is 20.1 Å². The molecule has 186 valence electrons. The highest BCUT2D eigenvalue weighted by molar-refractivity contribution is 6.31. The van der Waals surface area contributed by atoms with E-state index in [1.807, 2.05) is 0 Å². The summed E-state index contributed by atoms with van der Waals surface area (Å²) in [4.78, 5) is 51.2. The zero-order valence-electron chi connectivity index (χ0n) is 19.5. The third-order valence-corrected chi connectivity index (χ3v) is 5.51. The minimum absolute atomic E-state index is 0.0631. The minimum atomic E-state index is -0.686. The molecule has 0 aliphatic carbocycles. The molecule has 10 nitrogen and oxygen atoms in total. The van der Waals surface area contributed by atoms with E-state index in [4.69, 9.17) is 21.1 Å². The quantitative estimate of drug-likeness (QED) is 0.387. The lowest BCUT2D eigenvalue weighted by molar-refractivity contribution is -0.121. The van der Waals surface area contributed by atoms with Crippen LogP contribution in [0.25, 0.3) is 10.9 Å². The van der Waals surface area contributed by atoms with E-state index in [-0.39, 0.29) is 30.8 Å². The number of ether oxygens (including phenoxy) is 2. The third-order valence-electron chi connectivity index (χ3n) is 5.28. The largest absolute Gasteiger partial charge is 0.495 e. The van der Waals surface area contributed by atoms with Gasteiger partial charge in [-0.2, -0.15) is 0 Å². The molecule has 0 radical (unpaired) electrons. The molecule has 0 bridgehead atoms. The lowest BCUT2D eigenvalue weighted by Gasteiger charge is -2.15. The van der Waals surface area contributed by atoms with E-state index < -0.39 is 17.2 Å². The number of methoxy groups -OCH3 is 2. The van der Waals surface area contributed by atoms with Crippen LogP contribution in [0.5, 0.6) is 5.75 Å². The van der Waals surface area contributed by atoms with Crippen LogP contribution < -0.4 is 26.6 Å². The highest BCUT2D eigenvalue weighted by Crippen LogP contribution is 2.27. The van der Waals surface area contributed by atoms with Crippen LogP contribution in [0.4, 0.5) is 5.69 Å². The summed E-state index contributed by atoms with van der Waals surface area (Å²) < 4.78 is 12.4. The summed E-state index contributed by atoms with van der Waals surface area (Å²) in [5.74, 6) is -0.404. The molecule has 0 fully saturated rings. The van der Waals surface area contributed by atoms with Gasteiger partial charge in [-0.1, -0.05) is 23.7 Å². The number of rotatable bonds is 11. The van der Waals surface area contributed by atoms with Crippen molar-refractivity contribution in [3.63, 3.8) is 0 Å². The summed E-state index contributed by atoms with van der Waals surface area (Å²) in [6.07, 6.45) is 0.587. The van der Waals surface area contributed by atoms with Crippen molar-refractivity contribution in [2.24, 2.45) is 0 Å². The molecule has 1 aromatic heterocycles.